The van der Waals surface area contributed by atoms with Crippen LogP contribution in [0.4, 0.5) is 0 Å². The molecule has 0 aliphatic heterocycles. The maximum absolute atomic E-state index is 9.49. The van der Waals surface area contributed by atoms with E-state index in [1.807, 2.05) is 6.92 Å². The van der Waals surface area contributed by atoms with Gasteiger partial charge in [-0.3, -0.25) is 0 Å². The van der Waals surface area contributed by atoms with Gasteiger partial charge in [-0.1, -0.05) is 13.3 Å². The molecular weight excluding hydrogens is 144 g/mol. The molecule has 0 spiro atoms. The van der Waals surface area contributed by atoms with Gasteiger partial charge in [0.15, 0.2) is 0 Å². The molecule has 11 heavy (non-hydrogen) atoms. The normalized spacial score (nSPS) is 22.4. The predicted molar refractivity (Wildman–Crippen MR) is 43.2 cm³/mol. The molecule has 0 aliphatic rings. The summed E-state index contributed by atoms with van der Waals surface area (Å²) >= 11 is 0. The van der Waals surface area contributed by atoms with E-state index in [0.717, 1.165) is 6.42 Å². The lowest BCUT2D eigenvalue weighted by Crippen LogP contribution is -2.48. The highest BCUT2D eigenvalue weighted by atomic mass is 16.4. The molecule has 0 saturated carbocycles. The number of hydrogen-bond donors (Lipinski definition) is 3. The Hall–Kier alpha value is -0.120. The van der Waals surface area contributed by atoms with E-state index in [1.165, 1.54) is 13.8 Å². The molecule has 0 aromatic carbocycles. The molecule has 0 aromatic rings. The monoisotopic (exact) mass is 162 g/mol. The summed E-state index contributed by atoms with van der Waals surface area (Å²) in [6.07, 6.45) is -0.432. The minimum absolute atomic E-state index is 0.512. The molecule has 3 N–H and O–H groups in total. The first-order valence-corrected chi connectivity index (χ1v) is 4.01. The van der Waals surface area contributed by atoms with E-state index in [4.69, 9.17) is 5.11 Å². The van der Waals surface area contributed by atoms with Crippen molar-refractivity contribution in [2.24, 2.45) is 0 Å². The first-order valence-electron chi connectivity index (χ1n) is 4.01. The molecule has 0 fully saturated rings. The minimum atomic E-state index is -1.38. The third kappa shape index (κ3) is 2.77. The number of rotatable bonds is 4. The Morgan fingerprint density at radius 2 is 1.82 bits per heavy atom. The van der Waals surface area contributed by atoms with Gasteiger partial charge in [-0.15, -0.1) is 0 Å². The molecule has 68 valence electrons. The van der Waals surface area contributed by atoms with Gasteiger partial charge >= 0.3 is 0 Å². The molecule has 0 rings (SSSR count). The highest BCUT2D eigenvalue weighted by molar-refractivity contribution is 4.86. The summed E-state index contributed by atoms with van der Waals surface area (Å²) in [6, 6.07) is 0. The van der Waals surface area contributed by atoms with Gasteiger partial charge in [-0.2, -0.15) is 0 Å². The van der Waals surface area contributed by atoms with Crippen molar-refractivity contribution < 1.29 is 15.3 Å². The molecule has 0 saturated heterocycles. The summed E-state index contributed by atoms with van der Waals surface area (Å²) in [5, 5.41) is 27.9. The van der Waals surface area contributed by atoms with Crippen molar-refractivity contribution >= 4 is 0 Å². The molecule has 0 aromatic heterocycles. The topological polar surface area (TPSA) is 60.7 Å². The smallest absolute Gasteiger partial charge is 0.113 e. The summed E-state index contributed by atoms with van der Waals surface area (Å²) in [7, 11) is 0. The van der Waals surface area contributed by atoms with Crippen LogP contribution in [0.1, 0.15) is 33.6 Å². The standard InChI is InChI=1S/C8H18O3/c1-4-5-7(10)8(3,11)6(2)9/h6-7,9-11H,4-5H2,1-3H3. The van der Waals surface area contributed by atoms with Gasteiger partial charge in [-0.05, 0) is 20.3 Å². The molecule has 0 amide bonds. The number of aliphatic hydroxyl groups is 3. The van der Waals surface area contributed by atoms with Gasteiger partial charge in [0, 0.05) is 0 Å². The summed E-state index contributed by atoms with van der Waals surface area (Å²) < 4.78 is 0. The Morgan fingerprint density at radius 1 is 1.36 bits per heavy atom. The van der Waals surface area contributed by atoms with Crippen LogP contribution >= 0.6 is 0 Å². The van der Waals surface area contributed by atoms with Crippen molar-refractivity contribution in [3.8, 4) is 0 Å². The zero-order chi connectivity index (χ0) is 9.07. The molecular formula is C8H18O3. The SMILES string of the molecule is CCCC(O)C(C)(O)C(C)O. The third-order valence-corrected chi connectivity index (χ3v) is 2.08. The average molecular weight is 162 g/mol. The van der Waals surface area contributed by atoms with Gasteiger partial charge in [-0.25, -0.2) is 0 Å². The van der Waals surface area contributed by atoms with Crippen molar-refractivity contribution in [1.82, 2.24) is 0 Å². The second-order valence-corrected chi connectivity index (χ2v) is 3.21. The van der Waals surface area contributed by atoms with Crippen LogP contribution in [0.2, 0.25) is 0 Å². The Balaban J connectivity index is 4.05. The van der Waals surface area contributed by atoms with E-state index < -0.39 is 17.8 Å². The molecule has 0 radical (unpaired) electrons. The van der Waals surface area contributed by atoms with Crippen LogP contribution in [-0.4, -0.2) is 33.1 Å². The summed E-state index contributed by atoms with van der Waals surface area (Å²) in [6.45, 7) is 4.83. The first kappa shape index (κ1) is 10.9. The van der Waals surface area contributed by atoms with Crippen molar-refractivity contribution in [2.45, 2.75) is 51.4 Å². The van der Waals surface area contributed by atoms with Crippen LogP contribution in [0, 0.1) is 0 Å². The van der Waals surface area contributed by atoms with Crippen LogP contribution in [0.25, 0.3) is 0 Å². The Labute approximate surface area is 67.7 Å². The van der Waals surface area contributed by atoms with Crippen molar-refractivity contribution in [3.63, 3.8) is 0 Å². The van der Waals surface area contributed by atoms with Crippen LogP contribution in [0.5, 0.6) is 0 Å². The first-order chi connectivity index (χ1) is 4.92. The summed E-state index contributed by atoms with van der Waals surface area (Å²) in [5.74, 6) is 0. The van der Waals surface area contributed by atoms with Gasteiger partial charge in [0.1, 0.15) is 5.60 Å². The van der Waals surface area contributed by atoms with Gasteiger partial charge in [0.05, 0.1) is 12.2 Å². The Bertz CT molecular complexity index is 110. The van der Waals surface area contributed by atoms with E-state index in [-0.39, 0.29) is 0 Å². The molecule has 3 nitrogen and oxygen atoms in total. The minimum Gasteiger partial charge on any atom is -0.390 e. The fourth-order valence-electron chi connectivity index (χ4n) is 0.844. The van der Waals surface area contributed by atoms with Crippen LogP contribution in [-0.2, 0) is 0 Å². The lowest BCUT2D eigenvalue weighted by atomic mass is 9.91. The van der Waals surface area contributed by atoms with E-state index in [2.05, 4.69) is 0 Å². The number of hydrogen-bond acceptors (Lipinski definition) is 3. The van der Waals surface area contributed by atoms with Gasteiger partial charge in [0.25, 0.3) is 0 Å². The number of aliphatic hydroxyl groups excluding tert-OH is 2. The highest BCUT2D eigenvalue weighted by Crippen LogP contribution is 2.18. The maximum Gasteiger partial charge on any atom is 0.113 e. The average Bonchev–Trinajstić information content (AvgIpc) is 1.88. The maximum atomic E-state index is 9.49. The molecule has 0 aliphatic carbocycles. The van der Waals surface area contributed by atoms with Gasteiger partial charge < -0.3 is 15.3 Å². The van der Waals surface area contributed by atoms with E-state index >= 15 is 0 Å². The van der Waals surface area contributed by atoms with E-state index in [0.29, 0.717) is 6.42 Å². The molecule has 3 heteroatoms. The van der Waals surface area contributed by atoms with Crippen molar-refractivity contribution in [2.75, 3.05) is 0 Å². The van der Waals surface area contributed by atoms with Crippen molar-refractivity contribution in [1.29, 1.82) is 0 Å². The second kappa shape index (κ2) is 4.04. The second-order valence-electron chi connectivity index (χ2n) is 3.21. The van der Waals surface area contributed by atoms with Crippen LogP contribution < -0.4 is 0 Å². The van der Waals surface area contributed by atoms with E-state index in [1.54, 1.807) is 0 Å². The Kier molecular flexibility index (Phi) is 4.00. The summed E-state index contributed by atoms with van der Waals surface area (Å²) in [5.41, 5.74) is -1.38. The molecule has 3 atom stereocenters. The molecule has 0 bridgehead atoms. The zero-order valence-corrected chi connectivity index (χ0v) is 7.41. The van der Waals surface area contributed by atoms with Crippen molar-refractivity contribution in [3.05, 3.63) is 0 Å². The summed E-state index contributed by atoms with van der Waals surface area (Å²) in [4.78, 5) is 0. The lowest BCUT2D eigenvalue weighted by Gasteiger charge is -2.31. The Morgan fingerprint density at radius 3 is 2.09 bits per heavy atom. The fourth-order valence-corrected chi connectivity index (χ4v) is 0.844. The van der Waals surface area contributed by atoms with Crippen LogP contribution in [0.3, 0.4) is 0 Å². The quantitative estimate of drug-likeness (QED) is 0.556. The fraction of sp³-hybridized carbons (Fsp3) is 1.00. The molecule has 0 heterocycles. The predicted octanol–water partition coefficient (Wildman–Crippen LogP) is 0.279. The molecule has 3 unspecified atom stereocenters. The highest BCUT2D eigenvalue weighted by Gasteiger charge is 2.34. The van der Waals surface area contributed by atoms with Crippen LogP contribution in [0.15, 0.2) is 0 Å². The van der Waals surface area contributed by atoms with Gasteiger partial charge in [0.2, 0.25) is 0 Å². The third-order valence-electron chi connectivity index (χ3n) is 2.08. The van der Waals surface area contributed by atoms with E-state index in [9.17, 15) is 10.2 Å². The largest absolute Gasteiger partial charge is 0.390 e. The zero-order valence-electron chi connectivity index (χ0n) is 7.41. The lowest BCUT2D eigenvalue weighted by molar-refractivity contribution is -0.130.